The number of methoxy groups -OCH3 is 1. The summed E-state index contributed by atoms with van der Waals surface area (Å²) in [7, 11) is 1.54. The summed E-state index contributed by atoms with van der Waals surface area (Å²) >= 11 is 3.33. The van der Waals surface area contributed by atoms with E-state index < -0.39 is 6.10 Å². The number of carbonyl (C=O) groups is 1. The average Bonchev–Trinajstić information content (AvgIpc) is 2.36. The van der Waals surface area contributed by atoms with Crippen LogP contribution in [0.3, 0.4) is 0 Å². The van der Waals surface area contributed by atoms with Gasteiger partial charge < -0.3 is 20.5 Å². The summed E-state index contributed by atoms with van der Waals surface area (Å²) in [6.07, 6.45) is -0.560. The molecule has 0 bridgehead atoms. The maximum Gasteiger partial charge on any atom is 0.319 e. The quantitative estimate of drug-likeness (QED) is 0.777. The number of halogens is 1. The molecule has 2 amide bonds. The highest BCUT2D eigenvalue weighted by atomic mass is 79.9. The first-order chi connectivity index (χ1) is 8.93. The first-order valence-electron chi connectivity index (χ1n) is 6.00. The van der Waals surface area contributed by atoms with Crippen molar-refractivity contribution in [3.63, 3.8) is 0 Å². The molecule has 0 aliphatic carbocycles. The summed E-state index contributed by atoms with van der Waals surface area (Å²) < 4.78 is 5.99. The lowest BCUT2D eigenvalue weighted by molar-refractivity contribution is 0.126. The molecule has 0 aliphatic heterocycles. The van der Waals surface area contributed by atoms with Gasteiger partial charge in [0.15, 0.2) is 0 Å². The number of benzene rings is 1. The molecule has 0 radical (unpaired) electrons. The molecule has 0 saturated carbocycles. The Labute approximate surface area is 121 Å². The Morgan fingerprint density at radius 3 is 2.74 bits per heavy atom. The maximum atomic E-state index is 11.7. The lowest BCUT2D eigenvalue weighted by atomic mass is 10.1. The molecule has 0 saturated heterocycles. The highest BCUT2D eigenvalue weighted by Crippen LogP contribution is 2.27. The number of aliphatic hydroxyl groups is 1. The van der Waals surface area contributed by atoms with Crippen molar-refractivity contribution >= 4 is 27.6 Å². The normalized spacial score (nSPS) is 12.1. The van der Waals surface area contributed by atoms with Crippen LogP contribution in [0.25, 0.3) is 0 Å². The van der Waals surface area contributed by atoms with Gasteiger partial charge in [-0.05, 0) is 24.1 Å². The highest BCUT2D eigenvalue weighted by Gasteiger charge is 2.12. The van der Waals surface area contributed by atoms with E-state index in [1.807, 2.05) is 19.9 Å². The van der Waals surface area contributed by atoms with E-state index in [2.05, 4.69) is 26.6 Å². The number of rotatable bonds is 5. The minimum absolute atomic E-state index is 0.0979. The summed E-state index contributed by atoms with van der Waals surface area (Å²) in [6, 6.07) is 4.95. The summed E-state index contributed by atoms with van der Waals surface area (Å²) in [4.78, 5) is 11.7. The molecule has 0 aliphatic rings. The van der Waals surface area contributed by atoms with E-state index in [0.29, 0.717) is 11.4 Å². The highest BCUT2D eigenvalue weighted by molar-refractivity contribution is 9.10. The van der Waals surface area contributed by atoms with Crippen LogP contribution in [0.5, 0.6) is 5.75 Å². The Morgan fingerprint density at radius 2 is 2.16 bits per heavy atom. The number of aliphatic hydroxyl groups excluding tert-OH is 1. The Bertz CT molecular complexity index is 438. The molecule has 0 unspecified atom stereocenters. The van der Waals surface area contributed by atoms with Crippen LogP contribution in [0.1, 0.15) is 13.8 Å². The van der Waals surface area contributed by atoms with Crippen molar-refractivity contribution in [1.82, 2.24) is 5.32 Å². The van der Waals surface area contributed by atoms with E-state index in [4.69, 9.17) is 4.74 Å². The van der Waals surface area contributed by atoms with Crippen molar-refractivity contribution in [3.05, 3.63) is 22.7 Å². The topological polar surface area (TPSA) is 70.6 Å². The van der Waals surface area contributed by atoms with Gasteiger partial charge in [-0.15, -0.1) is 0 Å². The second-order valence-corrected chi connectivity index (χ2v) is 5.41. The van der Waals surface area contributed by atoms with Crippen LogP contribution in [-0.4, -0.2) is 30.9 Å². The summed E-state index contributed by atoms with van der Waals surface area (Å²) in [6.45, 7) is 3.99. The van der Waals surface area contributed by atoms with E-state index in [-0.39, 0.29) is 18.5 Å². The molecule has 0 fully saturated rings. The van der Waals surface area contributed by atoms with Gasteiger partial charge in [0.25, 0.3) is 0 Å². The molecular weight excluding hydrogens is 312 g/mol. The molecule has 106 valence electrons. The molecule has 1 atom stereocenters. The second kappa shape index (κ2) is 7.35. The van der Waals surface area contributed by atoms with Crippen LogP contribution in [0.4, 0.5) is 10.5 Å². The molecule has 1 aromatic rings. The Kier molecular flexibility index (Phi) is 6.11. The monoisotopic (exact) mass is 330 g/mol. The van der Waals surface area contributed by atoms with Crippen molar-refractivity contribution in [2.75, 3.05) is 19.0 Å². The van der Waals surface area contributed by atoms with E-state index in [0.717, 1.165) is 4.47 Å². The zero-order valence-corrected chi connectivity index (χ0v) is 12.8. The second-order valence-electron chi connectivity index (χ2n) is 4.49. The molecule has 1 rings (SSSR count). The van der Waals surface area contributed by atoms with Gasteiger partial charge in [-0.2, -0.15) is 0 Å². The third-order valence-corrected chi connectivity index (χ3v) is 3.14. The number of urea groups is 1. The molecule has 3 N–H and O–H groups in total. The fraction of sp³-hybridized carbons (Fsp3) is 0.462. The van der Waals surface area contributed by atoms with Gasteiger partial charge in [0, 0.05) is 11.0 Å². The third kappa shape index (κ3) is 5.08. The van der Waals surface area contributed by atoms with E-state index >= 15 is 0 Å². The van der Waals surface area contributed by atoms with Crippen LogP contribution < -0.4 is 15.4 Å². The lowest BCUT2D eigenvalue weighted by Gasteiger charge is -2.16. The van der Waals surface area contributed by atoms with Gasteiger partial charge in [0.05, 0.1) is 18.9 Å². The van der Waals surface area contributed by atoms with Crippen molar-refractivity contribution in [2.45, 2.75) is 20.0 Å². The summed E-state index contributed by atoms with van der Waals surface area (Å²) in [5.74, 6) is 0.670. The van der Waals surface area contributed by atoms with E-state index in [1.54, 1.807) is 12.1 Å². The van der Waals surface area contributed by atoms with Crippen LogP contribution >= 0.6 is 15.9 Å². The Hall–Kier alpha value is -1.27. The molecule has 5 nitrogen and oxygen atoms in total. The van der Waals surface area contributed by atoms with Gasteiger partial charge in [-0.3, -0.25) is 0 Å². The van der Waals surface area contributed by atoms with Crippen molar-refractivity contribution < 1.29 is 14.6 Å². The average molecular weight is 331 g/mol. The van der Waals surface area contributed by atoms with Crippen LogP contribution in [0.15, 0.2) is 22.7 Å². The van der Waals surface area contributed by atoms with Crippen LogP contribution in [0.2, 0.25) is 0 Å². The van der Waals surface area contributed by atoms with Crippen molar-refractivity contribution in [2.24, 2.45) is 5.92 Å². The van der Waals surface area contributed by atoms with Crippen molar-refractivity contribution in [3.8, 4) is 5.75 Å². The number of carbonyl (C=O) groups excluding carboxylic acids is 1. The largest absolute Gasteiger partial charge is 0.495 e. The van der Waals surface area contributed by atoms with E-state index in [1.165, 1.54) is 7.11 Å². The predicted octanol–water partition coefficient (Wildman–Crippen LogP) is 2.60. The molecule has 0 aromatic heterocycles. The zero-order valence-electron chi connectivity index (χ0n) is 11.2. The Morgan fingerprint density at radius 1 is 1.47 bits per heavy atom. The smallest absolute Gasteiger partial charge is 0.319 e. The SMILES string of the molecule is COc1ccc(Br)cc1NC(=O)NC[C@H](O)C(C)C. The standard InChI is InChI=1S/C13H19BrN2O3/c1-8(2)11(17)7-15-13(18)16-10-6-9(14)4-5-12(10)19-3/h4-6,8,11,17H,7H2,1-3H3,(H2,15,16,18)/t11-/m0/s1. The number of nitrogens with one attached hydrogen (secondary N) is 2. The van der Waals surface area contributed by atoms with Crippen LogP contribution in [0, 0.1) is 5.92 Å². The fourth-order valence-corrected chi connectivity index (χ4v) is 1.74. The molecule has 6 heteroatoms. The van der Waals surface area contributed by atoms with Gasteiger partial charge >= 0.3 is 6.03 Å². The molecule has 19 heavy (non-hydrogen) atoms. The van der Waals surface area contributed by atoms with Gasteiger partial charge in [-0.25, -0.2) is 4.79 Å². The molecule has 0 spiro atoms. The minimum Gasteiger partial charge on any atom is -0.495 e. The predicted molar refractivity (Wildman–Crippen MR) is 78.6 cm³/mol. The van der Waals surface area contributed by atoms with Gasteiger partial charge in [-0.1, -0.05) is 29.8 Å². The molecule has 0 heterocycles. The van der Waals surface area contributed by atoms with E-state index in [9.17, 15) is 9.90 Å². The lowest BCUT2D eigenvalue weighted by Crippen LogP contribution is -2.37. The number of anilines is 1. The maximum absolute atomic E-state index is 11.7. The van der Waals surface area contributed by atoms with Crippen LogP contribution in [-0.2, 0) is 0 Å². The fourth-order valence-electron chi connectivity index (χ4n) is 1.38. The number of hydrogen-bond acceptors (Lipinski definition) is 3. The first kappa shape index (κ1) is 15.8. The molecular formula is C13H19BrN2O3. The summed E-state index contributed by atoms with van der Waals surface area (Å²) in [5, 5.41) is 14.9. The summed E-state index contributed by atoms with van der Waals surface area (Å²) in [5.41, 5.74) is 0.563. The van der Waals surface area contributed by atoms with Gasteiger partial charge in [0.2, 0.25) is 0 Å². The first-order valence-corrected chi connectivity index (χ1v) is 6.79. The van der Waals surface area contributed by atoms with Crippen molar-refractivity contribution in [1.29, 1.82) is 0 Å². The zero-order chi connectivity index (χ0) is 14.4. The van der Waals surface area contributed by atoms with Gasteiger partial charge in [0.1, 0.15) is 5.75 Å². The number of hydrogen-bond donors (Lipinski definition) is 3. The molecule has 1 aromatic carbocycles. The number of ether oxygens (including phenoxy) is 1. The third-order valence-electron chi connectivity index (χ3n) is 2.65. The minimum atomic E-state index is -0.560. The number of amides is 2. The Balaban J connectivity index is 2.59.